The summed E-state index contributed by atoms with van der Waals surface area (Å²) in [6.07, 6.45) is -2.42. The van der Waals surface area contributed by atoms with Crippen molar-refractivity contribution in [1.29, 1.82) is 0 Å². The Kier molecular flexibility index (Phi) is 8.16. The van der Waals surface area contributed by atoms with Gasteiger partial charge in [-0.1, -0.05) is 30.3 Å². The molecular weight excluding hydrogens is 357 g/mol. The first kappa shape index (κ1) is 20.9. The van der Waals surface area contributed by atoms with Gasteiger partial charge in [0.1, 0.15) is 5.75 Å². The first-order valence-electron chi connectivity index (χ1n) is 7.51. The molecule has 2 aromatic carbocycles. The van der Waals surface area contributed by atoms with Gasteiger partial charge in [0, 0.05) is 31.6 Å². The topological polar surface area (TPSA) is 24.5 Å². The van der Waals surface area contributed by atoms with Gasteiger partial charge in [-0.15, -0.1) is 24.8 Å². The lowest BCUT2D eigenvalue weighted by Gasteiger charge is -2.35. The standard InChI is InChI=1S/C17H20F2N2O.2ClH/c1-22-15-7-6-14(12-4-2-3-5-13(12)15)16(17(18)19)21-10-8-20-9-11-21;;/h2-7,16-17,20H,8-11H2,1H3;2*1H/t16-;;/m1../s1. The van der Waals surface area contributed by atoms with E-state index in [0.717, 1.165) is 23.9 Å². The molecule has 0 saturated carbocycles. The molecule has 1 heterocycles. The smallest absolute Gasteiger partial charge is 0.258 e. The number of benzene rings is 2. The van der Waals surface area contributed by atoms with E-state index in [4.69, 9.17) is 4.74 Å². The summed E-state index contributed by atoms with van der Waals surface area (Å²) in [4.78, 5) is 1.87. The number of ether oxygens (including phenoxy) is 1. The molecule has 0 bridgehead atoms. The van der Waals surface area contributed by atoms with E-state index in [1.165, 1.54) is 0 Å². The third-order valence-electron chi connectivity index (χ3n) is 4.24. The summed E-state index contributed by atoms with van der Waals surface area (Å²) in [5, 5.41) is 4.93. The Balaban J connectivity index is 0.00000144. The molecule has 7 heteroatoms. The van der Waals surface area contributed by atoms with Crippen molar-refractivity contribution in [2.45, 2.75) is 12.5 Å². The lowest BCUT2D eigenvalue weighted by molar-refractivity contribution is 0.0189. The summed E-state index contributed by atoms with van der Waals surface area (Å²) >= 11 is 0. The third-order valence-corrected chi connectivity index (χ3v) is 4.24. The molecule has 1 fully saturated rings. The van der Waals surface area contributed by atoms with Crippen molar-refractivity contribution in [2.24, 2.45) is 0 Å². The van der Waals surface area contributed by atoms with Crippen LogP contribution in [0, 0.1) is 0 Å². The monoisotopic (exact) mass is 378 g/mol. The minimum Gasteiger partial charge on any atom is -0.496 e. The Labute approximate surface area is 153 Å². The number of piperazine rings is 1. The fourth-order valence-corrected chi connectivity index (χ4v) is 3.18. The van der Waals surface area contributed by atoms with Gasteiger partial charge >= 0.3 is 0 Å². The van der Waals surface area contributed by atoms with Gasteiger partial charge in [0.05, 0.1) is 13.2 Å². The minimum atomic E-state index is -2.42. The lowest BCUT2D eigenvalue weighted by atomic mass is 9.96. The molecule has 0 amide bonds. The molecule has 1 saturated heterocycles. The van der Waals surface area contributed by atoms with Gasteiger partial charge in [-0.2, -0.15) is 0 Å². The summed E-state index contributed by atoms with van der Waals surface area (Å²) < 4.78 is 32.9. The van der Waals surface area contributed by atoms with Gasteiger partial charge in [0.25, 0.3) is 6.43 Å². The predicted molar refractivity (Wildman–Crippen MR) is 98.2 cm³/mol. The number of hydrogen-bond donors (Lipinski definition) is 1. The van der Waals surface area contributed by atoms with Crippen LogP contribution in [0.25, 0.3) is 10.8 Å². The molecule has 3 nitrogen and oxygen atoms in total. The number of fused-ring (bicyclic) bond motifs is 1. The highest BCUT2D eigenvalue weighted by Crippen LogP contribution is 2.36. The van der Waals surface area contributed by atoms with E-state index in [1.54, 1.807) is 19.2 Å². The predicted octanol–water partition coefficient (Wildman–Crippen LogP) is 3.90. The second-order valence-electron chi connectivity index (χ2n) is 5.47. The number of alkyl halides is 2. The van der Waals surface area contributed by atoms with Crippen molar-refractivity contribution < 1.29 is 13.5 Å². The van der Waals surface area contributed by atoms with Crippen molar-refractivity contribution >= 4 is 35.6 Å². The van der Waals surface area contributed by atoms with E-state index < -0.39 is 12.5 Å². The summed E-state index contributed by atoms with van der Waals surface area (Å²) in [6, 6.07) is 10.3. The Bertz CT molecular complexity index is 652. The van der Waals surface area contributed by atoms with Crippen molar-refractivity contribution in [2.75, 3.05) is 33.3 Å². The quantitative estimate of drug-likeness (QED) is 0.872. The number of hydrogen-bond acceptors (Lipinski definition) is 3. The summed E-state index contributed by atoms with van der Waals surface area (Å²) in [6.45, 7) is 2.76. The van der Waals surface area contributed by atoms with Crippen LogP contribution < -0.4 is 10.1 Å². The second-order valence-corrected chi connectivity index (χ2v) is 5.47. The lowest BCUT2D eigenvalue weighted by Crippen LogP contribution is -2.46. The molecule has 24 heavy (non-hydrogen) atoms. The van der Waals surface area contributed by atoms with Gasteiger partial charge in [-0.05, 0) is 17.0 Å². The maximum Gasteiger partial charge on any atom is 0.258 e. The van der Waals surface area contributed by atoms with Crippen LogP contribution >= 0.6 is 24.8 Å². The van der Waals surface area contributed by atoms with Gasteiger partial charge in [-0.25, -0.2) is 8.78 Å². The van der Waals surface area contributed by atoms with E-state index in [9.17, 15) is 8.78 Å². The van der Waals surface area contributed by atoms with Crippen LogP contribution in [0.15, 0.2) is 36.4 Å². The number of nitrogens with one attached hydrogen (secondary N) is 1. The van der Waals surface area contributed by atoms with E-state index in [2.05, 4.69) is 5.32 Å². The van der Waals surface area contributed by atoms with Crippen LogP contribution in [0.2, 0.25) is 0 Å². The molecule has 1 aliphatic heterocycles. The molecule has 1 aliphatic rings. The minimum absolute atomic E-state index is 0. The molecule has 2 aromatic rings. The maximum absolute atomic E-state index is 13.8. The van der Waals surface area contributed by atoms with E-state index in [0.29, 0.717) is 24.4 Å². The van der Waals surface area contributed by atoms with Gasteiger partial charge in [-0.3, -0.25) is 4.90 Å². The number of rotatable bonds is 4. The van der Waals surface area contributed by atoms with Gasteiger partial charge < -0.3 is 10.1 Å². The van der Waals surface area contributed by atoms with Crippen LogP contribution in [-0.2, 0) is 0 Å². The third kappa shape index (κ3) is 4.09. The summed E-state index contributed by atoms with van der Waals surface area (Å²) in [5.41, 5.74) is 0.674. The molecule has 3 rings (SSSR count). The SMILES string of the molecule is COc1ccc([C@H](C(F)F)N2CCNCC2)c2ccccc12.Cl.Cl. The molecule has 0 aromatic heterocycles. The van der Waals surface area contributed by atoms with Crippen LogP contribution in [0.5, 0.6) is 5.75 Å². The Hall–Kier alpha value is -1.14. The molecule has 0 unspecified atom stereocenters. The van der Waals surface area contributed by atoms with Crippen molar-refractivity contribution in [3.05, 3.63) is 42.0 Å². The average molecular weight is 379 g/mol. The van der Waals surface area contributed by atoms with Gasteiger partial charge in [0.15, 0.2) is 0 Å². The van der Waals surface area contributed by atoms with Crippen molar-refractivity contribution in [1.82, 2.24) is 10.2 Å². The van der Waals surface area contributed by atoms with Crippen molar-refractivity contribution in [3.8, 4) is 5.75 Å². The number of halogens is 4. The zero-order valence-corrected chi connectivity index (χ0v) is 15.0. The van der Waals surface area contributed by atoms with Crippen molar-refractivity contribution in [3.63, 3.8) is 0 Å². The first-order valence-corrected chi connectivity index (χ1v) is 7.51. The molecule has 134 valence electrons. The fourth-order valence-electron chi connectivity index (χ4n) is 3.18. The summed E-state index contributed by atoms with van der Waals surface area (Å²) in [7, 11) is 1.60. The average Bonchev–Trinajstić information content (AvgIpc) is 2.56. The largest absolute Gasteiger partial charge is 0.496 e. The van der Waals surface area contributed by atoms with E-state index in [1.807, 2.05) is 29.2 Å². The molecule has 0 aliphatic carbocycles. The fraction of sp³-hybridized carbons (Fsp3) is 0.412. The Morgan fingerprint density at radius 1 is 1.00 bits per heavy atom. The van der Waals surface area contributed by atoms with Gasteiger partial charge in [0.2, 0.25) is 0 Å². The van der Waals surface area contributed by atoms with Crippen LogP contribution in [0.3, 0.4) is 0 Å². The number of methoxy groups -OCH3 is 1. The molecular formula is C17H22Cl2F2N2O. The van der Waals surface area contributed by atoms with E-state index in [-0.39, 0.29) is 24.8 Å². The van der Waals surface area contributed by atoms with Crippen LogP contribution in [-0.4, -0.2) is 44.6 Å². The molecule has 1 N–H and O–H groups in total. The van der Waals surface area contributed by atoms with E-state index >= 15 is 0 Å². The first-order chi connectivity index (χ1) is 10.7. The molecule has 1 atom stereocenters. The highest BCUT2D eigenvalue weighted by Gasteiger charge is 2.31. The Morgan fingerprint density at radius 2 is 1.62 bits per heavy atom. The zero-order valence-electron chi connectivity index (χ0n) is 13.4. The van der Waals surface area contributed by atoms with Crippen LogP contribution in [0.4, 0.5) is 8.78 Å². The second kappa shape index (κ2) is 9.37. The highest BCUT2D eigenvalue weighted by atomic mass is 35.5. The van der Waals surface area contributed by atoms with Crippen LogP contribution in [0.1, 0.15) is 11.6 Å². The Morgan fingerprint density at radius 3 is 2.21 bits per heavy atom. The maximum atomic E-state index is 13.8. The summed E-state index contributed by atoms with van der Waals surface area (Å²) in [5.74, 6) is 0.715. The molecule has 0 spiro atoms. The molecule has 0 radical (unpaired) electrons. The number of nitrogens with zero attached hydrogens (tertiary/aromatic N) is 1. The zero-order chi connectivity index (χ0) is 15.5. The normalized spacial score (nSPS) is 16.3. The highest BCUT2D eigenvalue weighted by molar-refractivity contribution is 5.91.